The molecule has 3 aromatic rings. The zero-order valence-electron chi connectivity index (χ0n) is 18.1. The molecule has 0 spiro atoms. The minimum atomic E-state index is -0.205. The van der Waals surface area contributed by atoms with Crippen LogP contribution in [0.2, 0.25) is 0 Å². The molecule has 2 aliphatic rings. The fraction of sp³-hybridized carbons (Fsp3) is 0.385. The average Bonchev–Trinajstić information content (AvgIpc) is 2.81. The van der Waals surface area contributed by atoms with E-state index < -0.39 is 0 Å². The minimum absolute atomic E-state index is 0.138. The Balaban J connectivity index is 1.37. The third kappa shape index (κ3) is 4.18. The number of halogens is 1. The van der Waals surface area contributed by atoms with Gasteiger partial charge in [-0.1, -0.05) is 42.5 Å². The van der Waals surface area contributed by atoms with Crippen molar-refractivity contribution >= 4 is 0 Å². The molecule has 2 fully saturated rings. The van der Waals surface area contributed by atoms with Crippen molar-refractivity contribution in [2.24, 2.45) is 0 Å². The third-order valence-electron chi connectivity index (χ3n) is 6.95. The van der Waals surface area contributed by atoms with Crippen molar-refractivity contribution in [3.05, 3.63) is 84.2 Å². The van der Waals surface area contributed by atoms with E-state index in [1.165, 1.54) is 11.6 Å². The summed E-state index contributed by atoms with van der Waals surface area (Å²) in [6, 6.07) is 15.6. The van der Waals surface area contributed by atoms with Gasteiger partial charge in [0.1, 0.15) is 12.1 Å². The van der Waals surface area contributed by atoms with E-state index in [-0.39, 0.29) is 24.4 Å². The van der Waals surface area contributed by atoms with Gasteiger partial charge >= 0.3 is 0 Å². The first-order valence-corrected chi connectivity index (χ1v) is 11.4. The number of hydrogen-bond acceptors (Lipinski definition) is 5. The third-order valence-corrected chi connectivity index (χ3v) is 6.95. The summed E-state index contributed by atoms with van der Waals surface area (Å²) in [5.41, 5.74) is 3.85. The molecular weight excluding hydrogens is 403 g/mol. The Morgan fingerprint density at radius 3 is 2.47 bits per heavy atom. The molecular formula is C26H29FN4O. The van der Waals surface area contributed by atoms with Crippen molar-refractivity contribution in [2.75, 3.05) is 26.2 Å². The summed E-state index contributed by atoms with van der Waals surface area (Å²) < 4.78 is 14.2. The van der Waals surface area contributed by atoms with Crippen LogP contribution in [0, 0.1) is 5.82 Å². The molecule has 0 aliphatic carbocycles. The van der Waals surface area contributed by atoms with Gasteiger partial charge in [-0.15, -0.1) is 0 Å². The lowest BCUT2D eigenvalue weighted by molar-refractivity contribution is -0.0655. The Morgan fingerprint density at radius 1 is 0.969 bits per heavy atom. The summed E-state index contributed by atoms with van der Waals surface area (Å²) >= 11 is 0. The Labute approximate surface area is 188 Å². The average molecular weight is 433 g/mol. The predicted molar refractivity (Wildman–Crippen MR) is 122 cm³/mol. The highest BCUT2D eigenvalue weighted by atomic mass is 19.1. The second-order valence-corrected chi connectivity index (χ2v) is 8.87. The number of fused-ring (bicyclic) bond motifs is 1. The van der Waals surface area contributed by atoms with Gasteiger partial charge < -0.3 is 5.11 Å². The van der Waals surface area contributed by atoms with Gasteiger partial charge in [-0.25, -0.2) is 14.4 Å². The van der Waals surface area contributed by atoms with Gasteiger partial charge in [0, 0.05) is 54.6 Å². The van der Waals surface area contributed by atoms with Crippen molar-refractivity contribution in [1.29, 1.82) is 0 Å². The topological polar surface area (TPSA) is 52.5 Å². The maximum Gasteiger partial charge on any atom is 0.131 e. The molecule has 166 valence electrons. The lowest BCUT2D eigenvalue weighted by atomic mass is 9.74. The van der Waals surface area contributed by atoms with E-state index in [0.29, 0.717) is 11.6 Å². The maximum absolute atomic E-state index is 14.2. The molecule has 0 unspecified atom stereocenters. The van der Waals surface area contributed by atoms with Crippen LogP contribution in [0.4, 0.5) is 4.39 Å². The van der Waals surface area contributed by atoms with Gasteiger partial charge in [0.25, 0.3) is 0 Å². The number of rotatable bonds is 5. The number of aromatic nitrogens is 2. The summed E-state index contributed by atoms with van der Waals surface area (Å²) in [4.78, 5) is 13.3. The molecule has 3 atom stereocenters. The molecule has 5 rings (SSSR count). The fourth-order valence-electron chi connectivity index (χ4n) is 5.41. The lowest BCUT2D eigenvalue weighted by Gasteiger charge is -2.57. The summed E-state index contributed by atoms with van der Waals surface area (Å²) in [5.74, 6) is 0.0612. The highest BCUT2D eigenvalue weighted by Gasteiger charge is 2.49. The van der Waals surface area contributed by atoms with Crippen molar-refractivity contribution in [2.45, 2.75) is 37.4 Å². The normalized spacial score (nSPS) is 24.2. The molecule has 32 heavy (non-hydrogen) atoms. The van der Waals surface area contributed by atoms with Crippen molar-refractivity contribution in [3.8, 4) is 11.1 Å². The predicted octanol–water partition coefficient (Wildman–Crippen LogP) is 3.71. The van der Waals surface area contributed by atoms with Crippen LogP contribution in [0.15, 0.2) is 67.3 Å². The maximum atomic E-state index is 14.2. The van der Waals surface area contributed by atoms with E-state index in [0.717, 1.165) is 50.1 Å². The molecule has 2 aromatic carbocycles. The number of nitrogens with zero attached hydrogens (tertiary/aromatic N) is 4. The van der Waals surface area contributed by atoms with Crippen LogP contribution >= 0.6 is 0 Å². The largest absolute Gasteiger partial charge is 0.395 e. The second kappa shape index (κ2) is 9.45. The Bertz CT molecular complexity index is 1030. The Hall–Kier alpha value is -2.67. The molecule has 0 saturated carbocycles. The minimum Gasteiger partial charge on any atom is -0.395 e. The van der Waals surface area contributed by atoms with Crippen LogP contribution in [0.1, 0.15) is 29.9 Å². The molecule has 5 nitrogen and oxygen atoms in total. The van der Waals surface area contributed by atoms with E-state index in [2.05, 4.69) is 31.9 Å². The summed E-state index contributed by atoms with van der Waals surface area (Å²) in [6.07, 6.45) is 7.63. The number of benzene rings is 2. The molecule has 1 aromatic heterocycles. The highest BCUT2D eigenvalue weighted by molar-refractivity contribution is 5.64. The second-order valence-electron chi connectivity index (χ2n) is 8.87. The quantitative estimate of drug-likeness (QED) is 0.666. The highest BCUT2D eigenvalue weighted by Crippen LogP contribution is 2.42. The Morgan fingerprint density at radius 2 is 1.72 bits per heavy atom. The first kappa shape index (κ1) is 21.2. The van der Waals surface area contributed by atoms with Crippen LogP contribution in [0.5, 0.6) is 0 Å². The molecule has 3 heterocycles. The standard InChI is InChI=1S/C26H29FN4O/c27-23-6-2-1-5-22(23)20-7-9-21(10-8-20)26-24-16-30(15-19-13-28-18-29-14-19)11-3-4-12-31(24)25(26)17-32/h1-2,5-10,13-14,18,24-26,32H,3-4,11-12,15-17H2/t24-,25-,26-/m0/s1. The first-order valence-electron chi connectivity index (χ1n) is 11.4. The van der Waals surface area contributed by atoms with Gasteiger partial charge in [0.2, 0.25) is 0 Å². The van der Waals surface area contributed by atoms with Gasteiger partial charge in [0.15, 0.2) is 0 Å². The van der Waals surface area contributed by atoms with E-state index >= 15 is 0 Å². The van der Waals surface area contributed by atoms with Crippen molar-refractivity contribution < 1.29 is 9.50 Å². The smallest absolute Gasteiger partial charge is 0.131 e. The van der Waals surface area contributed by atoms with Gasteiger partial charge in [-0.05, 0) is 43.1 Å². The number of hydrogen-bond donors (Lipinski definition) is 1. The van der Waals surface area contributed by atoms with Crippen LogP contribution < -0.4 is 0 Å². The van der Waals surface area contributed by atoms with E-state index in [1.54, 1.807) is 12.4 Å². The Kier molecular flexibility index (Phi) is 6.26. The van der Waals surface area contributed by atoms with E-state index in [9.17, 15) is 9.50 Å². The zero-order valence-corrected chi connectivity index (χ0v) is 18.1. The molecule has 0 amide bonds. The summed E-state index contributed by atoms with van der Waals surface area (Å²) in [6.45, 7) is 4.03. The lowest BCUT2D eigenvalue weighted by Crippen LogP contribution is -2.67. The number of aliphatic hydroxyl groups is 1. The molecule has 6 heteroatoms. The first-order chi connectivity index (χ1) is 15.7. The van der Waals surface area contributed by atoms with Gasteiger partial charge in [0.05, 0.1) is 6.61 Å². The van der Waals surface area contributed by atoms with Crippen LogP contribution in [-0.2, 0) is 6.54 Å². The SMILES string of the molecule is OC[C@H]1[C@@H](c2ccc(-c3ccccc3F)cc2)[C@@H]2CN(Cc3cncnc3)CCCCN12. The van der Waals surface area contributed by atoms with Crippen LogP contribution in [0.25, 0.3) is 11.1 Å². The molecule has 0 radical (unpaired) electrons. The van der Waals surface area contributed by atoms with Crippen molar-refractivity contribution in [1.82, 2.24) is 19.8 Å². The summed E-state index contributed by atoms with van der Waals surface area (Å²) in [5, 5.41) is 10.2. The molecule has 0 bridgehead atoms. The monoisotopic (exact) mass is 432 g/mol. The van der Waals surface area contributed by atoms with E-state index in [1.807, 2.05) is 36.7 Å². The van der Waals surface area contributed by atoms with Crippen LogP contribution in [-0.4, -0.2) is 63.2 Å². The summed E-state index contributed by atoms with van der Waals surface area (Å²) in [7, 11) is 0. The van der Waals surface area contributed by atoms with Crippen molar-refractivity contribution in [3.63, 3.8) is 0 Å². The molecule has 2 aliphatic heterocycles. The molecule has 2 saturated heterocycles. The number of aliphatic hydroxyl groups excluding tert-OH is 1. The molecule has 1 N–H and O–H groups in total. The fourth-order valence-corrected chi connectivity index (χ4v) is 5.41. The van der Waals surface area contributed by atoms with Crippen LogP contribution in [0.3, 0.4) is 0 Å². The zero-order chi connectivity index (χ0) is 21.9. The van der Waals surface area contributed by atoms with Gasteiger partial charge in [-0.2, -0.15) is 0 Å². The van der Waals surface area contributed by atoms with E-state index in [4.69, 9.17) is 0 Å². The van der Waals surface area contributed by atoms with Gasteiger partial charge in [-0.3, -0.25) is 9.80 Å².